The van der Waals surface area contributed by atoms with Crippen molar-refractivity contribution < 1.29 is 43.2 Å². The van der Waals surface area contributed by atoms with Gasteiger partial charge in [0, 0.05) is 32.1 Å². The third-order valence-corrected chi connectivity index (χ3v) is 11.5. The van der Waals surface area contributed by atoms with E-state index in [2.05, 4.69) is 13.8 Å². The average Bonchev–Trinajstić information content (AvgIpc) is 3.24. The number of rotatable bonds is 9. The Hall–Kier alpha value is -2.16. The Morgan fingerprint density at radius 3 is 2.22 bits per heavy atom. The third kappa shape index (κ3) is 6.16. The highest BCUT2D eigenvalue weighted by Gasteiger charge is 2.67. The quantitative estimate of drug-likeness (QED) is 0.308. The fraction of sp³-hybridized carbons (Fsp3) is 0.875. The van der Waals surface area contributed by atoms with Crippen LogP contribution in [0.25, 0.3) is 0 Å². The van der Waals surface area contributed by atoms with Gasteiger partial charge in [0.25, 0.3) is 0 Å². The largest absolute Gasteiger partial charge is 0.466 e. The molecule has 0 aliphatic heterocycles. The lowest BCUT2D eigenvalue weighted by Crippen LogP contribution is -2.63. The maximum Gasteiger partial charge on any atom is 0.334 e. The molecular weight excluding hydrogens is 528 g/mol. The van der Waals surface area contributed by atoms with E-state index >= 15 is 0 Å². The topological polar surface area (TPSA) is 125 Å². The molecule has 1 unspecified atom stereocenters. The summed E-state index contributed by atoms with van der Waals surface area (Å²) in [7, 11) is 0. The molecule has 41 heavy (non-hydrogen) atoms. The number of hydrogen-bond donors (Lipinski definition) is 1. The molecule has 4 aliphatic rings. The molecule has 4 aliphatic carbocycles. The summed E-state index contributed by atoms with van der Waals surface area (Å²) in [4.78, 5) is 49.2. The van der Waals surface area contributed by atoms with Crippen LogP contribution in [-0.2, 0) is 38.1 Å². The van der Waals surface area contributed by atoms with E-state index in [9.17, 15) is 24.3 Å². The maximum absolute atomic E-state index is 12.5. The van der Waals surface area contributed by atoms with E-state index in [1.807, 2.05) is 0 Å². The molecule has 0 heterocycles. The predicted molar refractivity (Wildman–Crippen MR) is 149 cm³/mol. The zero-order valence-electron chi connectivity index (χ0n) is 25.7. The molecule has 0 spiro atoms. The highest BCUT2D eigenvalue weighted by atomic mass is 16.6. The molecule has 0 amide bonds. The first kappa shape index (κ1) is 31.8. The van der Waals surface area contributed by atoms with Crippen LogP contribution in [0.1, 0.15) is 99.3 Å². The maximum atomic E-state index is 12.5. The van der Waals surface area contributed by atoms with Crippen molar-refractivity contribution in [3.8, 4) is 0 Å². The number of carbonyl (C=O) groups is 4. The van der Waals surface area contributed by atoms with E-state index in [1.165, 1.54) is 33.6 Å². The van der Waals surface area contributed by atoms with Crippen molar-refractivity contribution in [2.24, 2.45) is 46.3 Å². The second kappa shape index (κ2) is 12.6. The minimum Gasteiger partial charge on any atom is -0.466 e. The molecule has 0 saturated heterocycles. The molecule has 11 atom stereocenters. The van der Waals surface area contributed by atoms with Gasteiger partial charge in [-0.3, -0.25) is 14.4 Å². The van der Waals surface area contributed by atoms with Crippen LogP contribution >= 0.6 is 0 Å². The van der Waals surface area contributed by atoms with Gasteiger partial charge < -0.3 is 24.1 Å². The van der Waals surface area contributed by atoms with E-state index in [0.29, 0.717) is 12.3 Å². The Kier molecular flexibility index (Phi) is 9.76. The fourth-order valence-electron chi connectivity index (χ4n) is 9.89. The van der Waals surface area contributed by atoms with Crippen LogP contribution in [0.15, 0.2) is 0 Å². The summed E-state index contributed by atoms with van der Waals surface area (Å²) in [5, 5.41) is 10.8. The zero-order chi connectivity index (χ0) is 30.1. The van der Waals surface area contributed by atoms with Gasteiger partial charge in [-0.1, -0.05) is 26.7 Å². The van der Waals surface area contributed by atoms with E-state index < -0.39 is 23.5 Å². The molecule has 9 heteroatoms. The van der Waals surface area contributed by atoms with Crippen molar-refractivity contribution in [2.45, 2.75) is 118 Å². The smallest absolute Gasteiger partial charge is 0.334 e. The van der Waals surface area contributed by atoms with Crippen molar-refractivity contribution in [3.63, 3.8) is 0 Å². The van der Waals surface area contributed by atoms with Crippen LogP contribution in [0, 0.1) is 46.3 Å². The minimum absolute atomic E-state index is 0.0484. The molecular formula is C32H50O9. The first-order chi connectivity index (χ1) is 19.3. The molecule has 0 aromatic carbocycles. The highest BCUT2D eigenvalue weighted by Crippen LogP contribution is 2.69. The third-order valence-electron chi connectivity index (χ3n) is 11.5. The van der Waals surface area contributed by atoms with Gasteiger partial charge in [0.1, 0.15) is 12.2 Å². The number of hydrogen-bond acceptors (Lipinski definition) is 9. The molecule has 4 fully saturated rings. The summed E-state index contributed by atoms with van der Waals surface area (Å²) in [6, 6.07) is 0. The van der Waals surface area contributed by atoms with Crippen LogP contribution in [0.2, 0.25) is 0 Å². The average molecular weight is 579 g/mol. The minimum atomic E-state index is -1.35. The van der Waals surface area contributed by atoms with Gasteiger partial charge in [-0.2, -0.15) is 0 Å². The lowest BCUT2D eigenvalue weighted by atomic mass is 9.43. The molecule has 0 bridgehead atoms. The van der Waals surface area contributed by atoms with E-state index in [0.717, 1.165) is 32.1 Å². The van der Waals surface area contributed by atoms with Crippen molar-refractivity contribution in [1.82, 2.24) is 0 Å². The molecule has 0 radical (unpaired) electrons. The monoisotopic (exact) mass is 578 g/mol. The number of carbonyl (C=O) groups excluding carboxylic acids is 4. The predicted octanol–water partition coefficient (Wildman–Crippen LogP) is 4.61. The number of ether oxygens (including phenoxy) is 4. The number of aliphatic hydroxyl groups is 1. The van der Waals surface area contributed by atoms with Gasteiger partial charge in [0.2, 0.25) is 0 Å². The normalized spacial score (nSPS) is 39.2. The van der Waals surface area contributed by atoms with E-state index in [1.54, 1.807) is 6.92 Å². The van der Waals surface area contributed by atoms with Gasteiger partial charge in [0.05, 0.1) is 13.2 Å². The summed E-state index contributed by atoms with van der Waals surface area (Å²) < 4.78 is 22.8. The zero-order valence-corrected chi connectivity index (χ0v) is 25.7. The Bertz CT molecular complexity index is 996. The van der Waals surface area contributed by atoms with Gasteiger partial charge in [-0.15, -0.1) is 0 Å². The Morgan fingerprint density at radius 1 is 0.878 bits per heavy atom. The summed E-state index contributed by atoms with van der Waals surface area (Å²) >= 11 is 0. The lowest BCUT2D eigenvalue weighted by Gasteiger charge is -2.63. The van der Waals surface area contributed by atoms with Gasteiger partial charge in [0.15, 0.2) is 6.10 Å². The second-order valence-electron chi connectivity index (χ2n) is 13.6. The van der Waals surface area contributed by atoms with Crippen molar-refractivity contribution >= 4 is 23.9 Å². The SMILES string of the molecule is CCOC(=O)C(O)C[C@@H](COC(C)=O)[C@H]1CC[C@H]2[C@@H]3[C@H](OC(C)=O)C[C@@H]4CCCC[C@]4(C)[C@H]3C[C@H](OC(C)=O)[C@]12C. The van der Waals surface area contributed by atoms with Gasteiger partial charge >= 0.3 is 23.9 Å². The summed E-state index contributed by atoms with van der Waals surface area (Å²) in [5.74, 6) is -1.27. The lowest BCUT2D eigenvalue weighted by molar-refractivity contribution is -0.221. The molecule has 9 nitrogen and oxygen atoms in total. The van der Waals surface area contributed by atoms with Crippen LogP contribution in [0.5, 0.6) is 0 Å². The molecule has 0 aromatic heterocycles. The van der Waals surface area contributed by atoms with Gasteiger partial charge in [-0.25, -0.2) is 4.79 Å². The van der Waals surface area contributed by atoms with Crippen LogP contribution < -0.4 is 0 Å². The number of fused-ring (bicyclic) bond motifs is 5. The van der Waals surface area contributed by atoms with Gasteiger partial charge in [-0.05, 0) is 86.9 Å². The fourth-order valence-corrected chi connectivity index (χ4v) is 9.89. The summed E-state index contributed by atoms with van der Waals surface area (Å²) in [5.41, 5.74) is -0.447. The molecule has 4 saturated carbocycles. The van der Waals surface area contributed by atoms with Crippen molar-refractivity contribution in [2.75, 3.05) is 13.2 Å². The van der Waals surface area contributed by atoms with Crippen molar-refractivity contribution in [3.05, 3.63) is 0 Å². The van der Waals surface area contributed by atoms with E-state index in [4.69, 9.17) is 18.9 Å². The molecule has 232 valence electrons. The molecule has 1 N–H and O–H groups in total. The van der Waals surface area contributed by atoms with Crippen molar-refractivity contribution in [1.29, 1.82) is 0 Å². The number of aliphatic hydroxyl groups excluding tert-OH is 1. The van der Waals surface area contributed by atoms with Crippen LogP contribution in [0.3, 0.4) is 0 Å². The molecule has 4 rings (SSSR count). The van der Waals surface area contributed by atoms with Crippen LogP contribution in [-0.4, -0.2) is 60.5 Å². The molecule has 0 aromatic rings. The highest BCUT2D eigenvalue weighted by molar-refractivity contribution is 5.74. The first-order valence-corrected chi connectivity index (χ1v) is 15.6. The number of esters is 4. The van der Waals surface area contributed by atoms with Crippen LogP contribution in [0.4, 0.5) is 0 Å². The summed E-state index contributed by atoms with van der Waals surface area (Å²) in [6.07, 6.45) is 5.86. The van der Waals surface area contributed by atoms with E-state index in [-0.39, 0.29) is 78.8 Å². The Labute approximate surface area is 244 Å². The second-order valence-corrected chi connectivity index (χ2v) is 13.6. The first-order valence-electron chi connectivity index (χ1n) is 15.6. The standard InChI is InChI=1S/C32H50O9/c1-7-38-30(37)26(36)14-21(17-39-18(2)33)23-11-12-24-29-25(16-28(32(23,24)6)41-20(4)35)31(5)13-9-8-10-22(31)15-27(29)40-19(3)34/h21-29,36H,7-17H2,1-6H3/t21-,22-,23+,24-,25-,26?,27+,28-,29-,31-,32+/m0/s1. The Morgan fingerprint density at radius 2 is 1.59 bits per heavy atom. The Balaban J connectivity index is 1.75. The summed E-state index contributed by atoms with van der Waals surface area (Å²) in [6.45, 7) is 10.7.